The summed E-state index contributed by atoms with van der Waals surface area (Å²) in [6.07, 6.45) is 6.02. The molecule has 6 heteroatoms. The van der Waals surface area contributed by atoms with Crippen LogP contribution in [0.2, 0.25) is 0 Å². The number of benzene rings is 2. The minimum Gasteiger partial charge on any atom is -0.497 e. The van der Waals surface area contributed by atoms with E-state index in [1.165, 1.54) is 6.42 Å². The third kappa shape index (κ3) is 7.48. The summed E-state index contributed by atoms with van der Waals surface area (Å²) in [5.41, 5.74) is 1.96. The van der Waals surface area contributed by atoms with Gasteiger partial charge in [0.15, 0.2) is 6.61 Å². The standard InChI is InChI=1S/C29H40N2O4/c1-5-26(29(33)30-23-13-7-6-8-14-23)31(19-22-12-11-15-24(18-22)34-4)28(32)20-35-27-17-10-9-16-25(27)21(2)3/h9-12,15-18,21,23,26H,5-8,13-14,19-20H2,1-4H3,(H,30,33)/t26-/m0/s1. The monoisotopic (exact) mass is 480 g/mol. The maximum absolute atomic E-state index is 13.5. The fourth-order valence-corrected chi connectivity index (χ4v) is 4.74. The van der Waals surface area contributed by atoms with Crippen molar-refractivity contribution in [1.82, 2.24) is 10.2 Å². The molecule has 0 aromatic heterocycles. The van der Waals surface area contributed by atoms with Crippen LogP contribution in [0.25, 0.3) is 0 Å². The zero-order valence-electron chi connectivity index (χ0n) is 21.6. The largest absolute Gasteiger partial charge is 0.497 e. The Labute approximate surface area is 210 Å². The maximum atomic E-state index is 13.5. The molecule has 0 radical (unpaired) electrons. The number of ether oxygens (including phenoxy) is 2. The number of nitrogens with zero attached hydrogens (tertiary/aromatic N) is 1. The van der Waals surface area contributed by atoms with Gasteiger partial charge < -0.3 is 19.7 Å². The topological polar surface area (TPSA) is 67.9 Å². The van der Waals surface area contributed by atoms with Gasteiger partial charge in [-0.3, -0.25) is 9.59 Å². The van der Waals surface area contributed by atoms with Crippen molar-refractivity contribution in [3.05, 3.63) is 59.7 Å². The molecule has 1 N–H and O–H groups in total. The van der Waals surface area contributed by atoms with E-state index in [4.69, 9.17) is 9.47 Å². The van der Waals surface area contributed by atoms with E-state index in [0.717, 1.165) is 42.6 Å². The zero-order valence-corrected chi connectivity index (χ0v) is 21.6. The van der Waals surface area contributed by atoms with Gasteiger partial charge in [0.2, 0.25) is 5.91 Å². The number of carbonyl (C=O) groups excluding carboxylic acids is 2. The first kappa shape index (κ1) is 26.6. The molecule has 0 bridgehead atoms. The van der Waals surface area contributed by atoms with Crippen molar-refractivity contribution in [2.24, 2.45) is 0 Å². The first-order valence-electron chi connectivity index (χ1n) is 12.9. The molecule has 2 aromatic rings. The summed E-state index contributed by atoms with van der Waals surface area (Å²) in [7, 11) is 1.62. The van der Waals surface area contributed by atoms with E-state index in [2.05, 4.69) is 19.2 Å². The van der Waals surface area contributed by atoms with Crippen LogP contribution < -0.4 is 14.8 Å². The molecule has 1 atom stereocenters. The first-order chi connectivity index (χ1) is 16.9. The highest BCUT2D eigenvalue weighted by molar-refractivity contribution is 5.88. The van der Waals surface area contributed by atoms with Crippen molar-refractivity contribution in [2.45, 2.75) is 83.8 Å². The van der Waals surface area contributed by atoms with Crippen LogP contribution in [0.5, 0.6) is 11.5 Å². The number of para-hydroxylation sites is 1. The summed E-state index contributed by atoms with van der Waals surface area (Å²) < 4.78 is 11.4. The van der Waals surface area contributed by atoms with Gasteiger partial charge in [-0.2, -0.15) is 0 Å². The van der Waals surface area contributed by atoms with Gasteiger partial charge in [0.25, 0.3) is 5.91 Å². The molecular weight excluding hydrogens is 440 g/mol. The molecule has 0 spiro atoms. The molecule has 1 fully saturated rings. The van der Waals surface area contributed by atoms with Crippen LogP contribution in [-0.4, -0.2) is 42.5 Å². The van der Waals surface area contributed by atoms with E-state index in [1.54, 1.807) is 12.0 Å². The predicted molar refractivity (Wildman–Crippen MR) is 139 cm³/mol. The summed E-state index contributed by atoms with van der Waals surface area (Å²) in [6.45, 7) is 6.33. The van der Waals surface area contributed by atoms with Gasteiger partial charge >= 0.3 is 0 Å². The Bertz CT molecular complexity index is 969. The smallest absolute Gasteiger partial charge is 0.261 e. The molecule has 3 rings (SSSR count). The van der Waals surface area contributed by atoms with Crippen molar-refractivity contribution in [3.63, 3.8) is 0 Å². The fourth-order valence-electron chi connectivity index (χ4n) is 4.74. The van der Waals surface area contributed by atoms with Gasteiger partial charge in [0, 0.05) is 12.6 Å². The minimum absolute atomic E-state index is 0.0850. The summed E-state index contributed by atoms with van der Waals surface area (Å²) in [5.74, 6) is 1.41. The average Bonchev–Trinajstić information content (AvgIpc) is 2.88. The molecule has 6 nitrogen and oxygen atoms in total. The van der Waals surface area contributed by atoms with Gasteiger partial charge in [-0.15, -0.1) is 0 Å². The second-order valence-corrected chi connectivity index (χ2v) is 9.62. The van der Waals surface area contributed by atoms with E-state index in [-0.39, 0.29) is 30.4 Å². The fraction of sp³-hybridized carbons (Fsp3) is 0.517. The summed E-state index contributed by atoms with van der Waals surface area (Å²) in [6, 6.07) is 15.0. The predicted octanol–water partition coefficient (Wildman–Crippen LogP) is 5.45. The first-order valence-corrected chi connectivity index (χ1v) is 12.9. The van der Waals surface area contributed by atoms with Crippen LogP contribution in [0.1, 0.15) is 76.3 Å². The molecule has 2 aromatic carbocycles. The Hall–Kier alpha value is -3.02. The van der Waals surface area contributed by atoms with Crippen LogP contribution in [0.4, 0.5) is 0 Å². The van der Waals surface area contributed by atoms with Gasteiger partial charge in [0.05, 0.1) is 7.11 Å². The van der Waals surface area contributed by atoms with Crippen molar-refractivity contribution in [1.29, 1.82) is 0 Å². The van der Waals surface area contributed by atoms with Gasteiger partial charge in [-0.05, 0) is 54.5 Å². The van der Waals surface area contributed by atoms with Crippen LogP contribution in [0.15, 0.2) is 48.5 Å². The number of amides is 2. The SMILES string of the molecule is CC[C@@H](C(=O)NC1CCCCC1)N(Cc1cccc(OC)c1)C(=O)COc1ccccc1C(C)C. The molecule has 0 unspecified atom stereocenters. The van der Waals surface area contributed by atoms with E-state index >= 15 is 0 Å². The lowest BCUT2D eigenvalue weighted by Gasteiger charge is -2.33. The van der Waals surface area contributed by atoms with Crippen LogP contribution in [0, 0.1) is 0 Å². The van der Waals surface area contributed by atoms with Crippen molar-refractivity contribution in [3.8, 4) is 11.5 Å². The van der Waals surface area contributed by atoms with Gasteiger partial charge in [0.1, 0.15) is 17.5 Å². The van der Waals surface area contributed by atoms with Crippen LogP contribution in [-0.2, 0) is 16.1 Å². The van der Waals surface area contributed by atoms with E-state index in [0.29, 0.717) is 18.7 Å². The Morgan fingerprint density at radius 3 is 2.49 bits per heavy atom. The van der Waals surface area contributed by atoms with E-state index in [1.807, 2.05) is 55.5 Å². The summed E-state index contributed by atoms with van der Waals surface area (Å²) in [4.78, 5) is 28.5. The number of methoxy groups -OCH3 is 1. The minimum atomic E-state index is -0.570. The molecule has 0 aliphatic heterocycles. The lowest BCUT2D eigenvalue weighted by Crippen LogP contribution is -2.52. The van der Waals surface area contributed by atoms with Crippen LogP contribution in [0.3, 0.4) is 0 Å². The van der Waals surface area contributed by atoms with Crippen molar-refractivity contribution in [2.75, 3.05) is 13.7 Å². The molecule has 1 aliphatic rings. The highest BCUT2D eigenvalue weighted by Gasteiger charge is 2.30. The van der Waals surface area contributed by atoms with Gasteiger partial charge in [-0.1, -0.05) is 70.4 Å². The zero-order chi connectivity index (χ0) is 25.2. The van der Waals surface area contributed by atoms with Crippen LogP contribution >= 0.6 is 0 Å². The number of carbonyl (C=O) groups is 2. The molecule has 0 saturated heterocycles. The average molecular weight is 481 g/mol. The Balaban J connectivity index is 1.80. The molecule has 190 valence electrons. The van der Waals surface area contributed by atoms with E-state index in [9.17, 15) is 9.59 Å². The normalized spacial score (nSPS) is 14.9. The number of hydrogen-bond acceptors (Lipinski definition) is 4. The highest BCUT2D eigenvalue weighted by Crippen LogP contribution is 2.26. The number of hydrogen-bond donors (Lipinski definition) is 1. The molecule has 1 aliphatic carbocycles. The Morgan fingerprint density at radius 2 is 1.80 bits per heavy atom. The lowest BCUT2D eigenvalue weighted by molar-refractivity contribution is -0.143. The molecular formula is C29H40N2O4. The number of rotatable bonds is 11. The summed E-state index contributed by atoms with van der Waals surface area (Å²) in [5, 5.41) is 3.21. The third-order valence-corrected chi connectivity index (χ3v) is 6.72. The second kappa shape index (κ2) is 13.2. The molecule has 35 heavy (non-hydrogen) atoms. The highest BCUT2D eigenvalue weighted by atomic mass is 16.5. The Kier molecular flexibility index (Phi) is 10.0. The number of nitrogens with one attached hydrogen (secondary N) is 1. The third-order valence-electron chi connectivity index (χ3n) is 6.72. The van der Waals surface area contributed by atoms with Crippen molar-refractivity contribution >= 4 is 11.8 Å². The van der Waals surface area contributed by atoms with Gasteiger partial charge in [-0.25, -0.2) is 0 Å². The molecule has 1 saturated carbocycles. The maximum Gasteiger partial charge on any atom is 0.261 e. The Morgan fingerprint density at radius 1 is 1.06 bits per heavy atom. The molecule has 2 amide bonds. The second-order valence-electron chi connectivity index (χ2n) is 9.62. The van der Waals surface area contributed by atoms with E-state index < -0.39 is 6.04 Å². The quantitative estimate of drug-likeness (QED) is 0.464. The molecule has 0 heterocycles. The lowest BCUT2D eigenvalue weighted by atomic mass is 9.95. The summed E-state index contributed by atoms with van der Waals surface area (Å²) >= 11 is 0. The van der Waals surface area contributed by atoms with Crippen molar-refractivity contribution < 1.29 is 19.1 Å².